The zero-order valence-corrected chi connectivity index (χ0v) is 11.6. The Morgan fingerprint density at radius 3 is 2.60 bits per heavy atom. The Bertz CT molecular complexity index is 615. The molecule has 1 fully saturated rings. The minimum absolute atomic E-state index is 0.0295. The summed E-state index contributed by atoms with van der Waals surface area (Å²) in [5.41, 5.74) is 2.10. The van der Waals surface area contributed by atoms with Crippen molar-refractivity contribution in [2.45, 2.75) is 26.0 Å². The third-order valence-corrected chi connectivity index (χ3v) is 3.87. The number of rotatable bonds is 2. The van der Waals surface area contributed by atoms with E-state index in [1.807, 2.05) is 10.8 Å². The van der Waals surface area contributed by atoms with Gasteiger partial charge in [-0.15, -0.1) is 0 Å². The second-order valence-corrected chi connectivity index (χ2v) is 5.38. The van der Waals surface area contributed by atoms with Gasteiger partial charge in [-0.05, 0) is 37.1 Å². The molecule has 3 rings (SSSR count). The number of aliphatic hydroxyl groups is 1. The first-order valence-corrected chi connectivity index (χ1v) is 6.76. The SMILES string of the molecule is Cc1cc(-c2nccn2[C@@H]2CNC[C@@H]2O)cc(C)c1F. The van der Waals surface area contributed by atoms with E-state index in [1.165, 1.54) is 0 Å². The van der Waals surface area contributed by atoms with Gasteiger partial charge >= 0.3 is 0 Å². The van der Waals surface area contributed by atoms with Crippen LogP contribution >= 0.6 is 0 Å². The molecule has 1 aliphatic heterocycles. The van der Waals surface area contributed by atoms with E-state index in [4.69, 9.17) is 0 Å². The number of aryl methyl sites for hydroxylation is 2. The first-order valence-electron chi connectivity index (χ1n) is 6.76. The summed E-state index contributed by atoms with van der Waals surface area (Å²) in [6, 6.07) is 3.57. The third-order valence-electron chi connectivity index (χ3n) is 3.87. The van der Waals surface area contributed by atoms with E-state index < -0.39 is 6.10 Å². The first-order chi connectivity index (χ1) is 9.58. The highest BCUT2D eigenvalue weighted by molar-refractivity contribution is 5.58. The maximum Gasteiger partial charge on any atom is 0.140 e. The molecule has 2 aromatic rings. The highest BCUT2D eigenvalue weighted by Gasteiger charge is 2.28. The van der Waals surface area contributed by atoms with Crippen LogP contribution in [0.15, 0.2) is 24.5 Å². The lowest BCUT2D eigenvalue weighted by molar-refractivity contribution is 0.151. The van der Waals surface area contributed by atoms with Gasteiger partial charge in [-0.1, -0.05) is 0 Å². The number of nitrogens with one attached hydrogen (secondary N) is 1. The first kappa shape index (κ1) is 13.3. The molecule has 0 bridgehead atoms. The fourth-order valence-corrected chi connectivity index (χ4v) is 2.81. The second kappa shape index (κ2) is 5.00. The van der Waals surface area contributed by atoms with Gasteiger partial charge in [-0.3, -0.25) is 0 Å². The monoisotopic (exact) mass is 275 g/mol. The Kier molecular flexibility index (Phi) is 3.31. The van der Waals surface area contributed by atoms with Gasteiger partial charge in [0.2, 0.25) is 0 Å². The second-order valence-electron chi connectivity index (χ2n) is 5.38. The number of benzene rings is 1. The third kappa shape index (κ3) is 2.13. The quantitative estimate of drug-likeness (QED) is 0.879. The number of halogens is 1. The van der Waals surface area contributed by atoms with Gasteiger partial charge in [0.25, 0.3) is 0 Å². The van der Waals surface area contributed by atoms with E-state index in [1.54, 1.807) is 32.2 Å². The summed E-state index contributed by atoms with van der Waals surface area (Å²) in [7, 11) is 0. The van der Waals surface area contributed by atoms with Crippen molar-refractivity contribution in [2.75, 3.05) is 13.1 Å². The Balaban J connectivity index is 2.05. The molecule has 0 amide bonds. The molecule has 0 unspecified atom stereocenters. The zero-order valence-electron chi connectivity index (χ0n) is 11.6. The molecule has 0 saturated carbocycles. The highest BCUT2D eigenvalue weighted by Crippen LogP contribution is 2.27. The molecular weight excluding hydrogens is 257 g/mol. The molecule has 1 aromatic carbocycles. The smallest absolute Gasteiger partial charge is 0.140 e. The number of nitrogens with zero attached hydrogens (tertiary/aromatic N) is 2. The van der Waals surface area contributed by atoms with E-state index in [9.17, 15) is 9.50 Å². The Morgan fingerprint density at radius 2 is 2.00 bits per heavy atom. The molecule has 1 saturated heterocycles. The predicted molar refractivity (Wildman–Crippen MR) is 75.0 cm³/mol. The van der Waals surface area contributed by atoms with Gasteiger partial charge in [0.05, 0.1) is 12.1 Å². The van der Waals surface area contributed by atoms with Crippen LogP contribution in [0.3, 0.4) is 0 Å². The number of imidazole rings is 1. The summed E-state index contributed by atoms with van der Waals surface area (Å²) < 4.78 is 15.7. The molecule has 2 atom stereocenters. The lowest BCUT2D eigenvalue weighted by atomic mass is 10.1. The van der Waals surface area contributed by atoms with Crippen LogP contribution in [0.25, 0.3) is 11.4 Å². The molecule has 2 heterocycles. The van der Waals surface area contributed by atoms with Crippen molar-refractivity contribution >= 4 is 0 Å². The summed E-state index contributed by atoms with van der Waals surface area (Å²) in [6.07, 6.45) is 3.16. The summed E-state index contributed by atoms with van der Waals surface area (Å²) in [5.74, 6) is 0.596. The van der Waals surface area contributed by atoms with Crippen molar-refractivity contribution in [3.8, 4) is 11.4 Å². The standard InChI is InChI=1S/C15H18FN3O/c1-9-5-11(6-10(2)14(9)16)15-18-3-4-19(15)12-7-17-8-13(12)20/h3-6,12-13,17,20H,7-8H2,1-2H3/t12-,13+/m1/s1. The van der Waals surface area contributed by atoms with Crippen molar-refractivity contribution in [1.82, 2.24) is 14.9 Å². The average Bonchev–Trinajstić information content (AvgIpc) is 3.03. The molecule has 4 nitrogen and oxygen atoms in total. The van der Waals surface area contributed by atoms with Crippen LogP contribution < -0.4 is 5.32 Å². The maximum absolute atomic E-state index is 13.7. The van der Waals surface area contributed by atoms with Crippen molar-refractivity contribution < 1.29 is 9.50 Å². The van der Waals surface area contributed by atoms with E-state index in [0.29, 0.717) is 24.2 Å². The Morgan fingerprint density at radius 1 is 1.30 bits per heavy atom. The molecule has 5 heteroatoms. The molecule has 0 spiro atoms. The molecule has 0 radical (unpaired) electrons. The minimum atomic E-state index is -0.425. The Labute approximate surface area is 117 Å². The van der Waals surface area contributed by atoms with Gasteiger partial charge in [-0.25, -0.2) is 9.37 Å². The number of aliphatic hydroxyl groups excluding tert-OH is 1. The van der Waals surface area contributed by atoms with E-state index in [2.05, 4.69) is 10.3 Å². The van der Waals surface area contributed by atoms with Gasteiger partial charge in [0.1, 0.15) is 11.6 Å². The average molecular weight is 275 g/mol. The molecule has 106 valence electrons. The van der Waals surface area contributed by atoms with Crippen LogP contribution in [-0.2, 0) is 0 Å². The molecular formula is C15H18FN3O. The minimum Gasteiger partial charge on any atom is -0.390 e. The van der Waals surface area contributed by atoms with Crippen LogP contribution in [0.2, 0.25) is 0 Å². The normalized spacial score (nSPS) is 22.4. The fourth-order valence-electron chi connectivity index (χ4n) is 2.81. The predicted octanol–water partition coefficient (Wildman–Crippen LogP) is 1.81. The van der Waals surface area contributed by atoms with E-state index in [0.717, 1.165) is 11.4 Å². The lowest BCUT2D eigenvalue weighted by Gasteiger charge is -2.18. The number of aromatic nitrogens is 2. The van der Waals surface area contributed by atoms with Crippen molar-refractivity contribution in [3.63, 3.8) is 0 Å². The summed E-state index contributed by atoms with van der Waals surface area (Å²) in [4.78, 5) is 4.38. The molecule has 20 heavy (non-hydrogen) atoms. The van der Waals surface area contributed by atoms with Gasteiger partial charge in [0, 0.05) is 31.0 Å². The molecule has 1 aromatic heterocycles. The summed E-state index contributed by atoms with van der Waals surface area (Å²) in [6.45, 7) is 4.81. The lowest BCUT2D eigenvalue weighted by Crippen LogP contribution is -2.22. The summed E-state index contributed by atoms with van der Waals surface area (Å²) in [5, 5.41) is 13.2. The molecule has 0 aliphatic carbocycles. The van der Waals surface area contributed by atoms with Crippen LogP contribution in [0, 0.1) is 19.7 Å². The fraction of sp³-hybridized carbons (Fsp3) is 0.400. The van der Waals surface area contributed by atoms with Gasteiger partial charge in [0.15, 0.2) is 0 Å². The number of β-amino-alcohol motifs (C(OH)–C–C–N with tert-alkyl or cyclic N) is 1. The maximum atomic E-state index is 13.7. The number of hydrogen-bond donors (Lipinski definition) is 2. The van der Waals surface area contributed by atoms with Crippen molar-refractivity contribution in [3.05, 3.63) is 41.5 Å². The number of hydrogen-bond acceptors (Lipinski definition) is 3. The Hall–Kier alpha value is -1.72. The van der Waals surface area contributed by atoms with Crippen LogP contribution in [0.5, 0.6) is 0 Å². The van der Waals surface area contributed by atoms with E-state index >= 15 is 0 Å². The van der Waals surface area contributed by atoms with Crippen LogP contribution in [0.1, 0.15) is 17.2 Å². The zero-order chi connectivity index (χ0) is 14.3. The van der Waals surface area contributed by atoms with Gasteiger partial charge < -0.3 is 15.0 Å². The van der Waals surface area contributed by atoms with E-state index in [-0.39, 0.29) is 11.9 Å². The largest absolute Gasteiger partial charge is 0.390 e. The van der Waals surface area contributed by atoms with Crippen LogP contribution in [-0.4, -0.2) is 33.9 Å². The summed E-state index contributed by atoms with van der Waals surface area (Å²) >= 11 is 0. The topological polar surface area (TPSA) is 50.1 Å². The van der Waals surface area contributed by atoms with Crippen LogP contribution in [0.4, 0.5) is 4.39 Å². The van der Waals surface area contributed by atoms with Crippen molar-refractivity contribution in [1.29, 1.82) is 0 Å². The highest BCUT2D eigenvalue weighted by atomic mass is 19.1. The van der Waals surface area contributed by atoms with Gasteiger partial charge in [-0.2, -0.15) is 0 Å². The molecule has 2 N–H and O–H groups in total. The van der Waals surface area contributed by atoms with Crippen molar-refractivity contribution in [2.24, 2.45) is 0 Å². The molecule has 1 aliphatic rings.